The van der Waals surface area contributed by atoms with Crippen LogP contribution in [0.15, 0.2) is 72.8 Å². The molecule has 2 aliphatic heterocycles. The monoisotopic (exact) mass is 630 g/mol. The van der Waals surface area contributed by atoms with Crippen LogP contribution >= 0.6 is 0 Å². The molecule has 2 aliphatic rings. The van der Waals surface area contributed by atoms with Crippen molar-refractivity contribution in [1.29, 1.82) is 0 Å². The van der Waals surface area contributed by atoms with Gasteiger partial charge < -0.3 is 30.1 Å². The number of rotatable bonds is 15. The summed E-state index contributed by atoms with van der Waals surface area (Å²) in [6.07, 6.45) is 4.42. The highest BCUT2D eigenvalue weighted by molar-refractivity contribution is 5.76. The molecule has 246 valence electrons. The molecule has 3 aromatic rings. The van der Waals surface area contributed by atoms with Crippen LogP contribution in [0.2, 0.25) is 0 Å². The lowest BCUT2D eigenvalue weighted by molar-refractivity contribution is -0.253. The van der Waals surface area contributed by atoms with Gasteiger partial charge in [-0.25, -0.2) is 0 Å². The van der Waals surface area contributed by atoms with E-state index >= 15 is 0 Å². The molecule has 9 nitrogen and oxygen atoms in total. The molecule has 2 saturated heterocycles. The van der Waals surface area contributed by atoms with Gasteiger partial charge in [0.25, 0.3) is 0 Å². The molecule has 2 heterocycles. The Balaban J connectivity index is 1.26. The largest absolute Gasteiger partial charge is 0.481 e. The minimum atomic E-state index is -0.804. The van der Waals surface area contributed by atoms with Gasteiger partial charge in [-0.3, -0.25) is 14.5 Å². The first kappa shape index (κ1) is 33.8. The topological polar surface area (TPSA) is 129 Å². The molecule has 0 spiro atoms. The molecule has 2 fully saturated rings. The maximum Gasteiger partial charge on any atom is 0.303 e. The standard InChI is InChI=1S/C37H46N2O7/c40-24-26-14-16-28(17-15-26)34-21-33(23-39-18-6-11-32(39)25-41)45-37(46-34)31-10-5-9-30(20-31)29-8-4-7-27(19-29)22-38-35(42)12-2-1-3-13-36(43)44/h4-5,7-10,14-17,19-20,32-34,37,40-41H,1-3,6,11-13,18,21-25H2,(H,38,42)(H,43,44). The van der Waals surface area contributed by atoms with Crippen molar-refractivity contribution in [2.75, 3.05) is 19.7 Å². The Bertz CT molecular complexity index is 1430. The van der Waals surface area contributed by atoms with Crippen molar-refractivity contribution in [2.24, 2.45) is 0 Å². The van der Waals surface area contributed by atoms with Gasteiger partial charge in [0.15, 0.2) is 6.29 Å². The summed E-state index contributed by atoms with van der Waals surface area (Å²) in [4.78, 5) is 25.3. The number of amides is 1. The first-order valence-electron chi connectivity index (χ1n) is 16.4. The van der Waals surface area contributed by atoms with Crippen molar-refractivity contribution < 1.29 is 34.4 Å². The summed E-state index contributed by atoms with van der Waals surface area (Å²) in [5.41, 5.74) is 5.84. The predicted molar refractivity (Wildman–Crippen MR) is 175 cm³/mol. The Morgan fingerprint density at radius 1 is 0.848 bits per heavy atom. The first-order valence-corrected chi connectivity index (χ1v) is 16.4. The number of aliphatic hydroxyl groups is 2. The van der Waals surface area contributed by atoms with Crippen LogP contribution in [0, 0.1) is 0 Å². The molecule has 4 N–H and O–H groups in total. The number of likely N-dealkylation sites (tertiary alicyclic amines) is 1. The number of aliphatic carboxylic acids is 1. The lowest BCUT2D eigenvalue weighted by atomic mass is 9.98. The van der Waals surface area contributed by atoms with Crippen LogP contribution in [-0.2, 0) is 32.2 Å². The zero-order chi connectivity index (χ0) is 32.3. The van der Waals surface area contributed by atoms with E-state index in [1.807, 2.05) is 54.6 Å². The van der Waals surface area contributed by atoms with E-state index in [-0.39, 0.29) is 43.8 Å². The first-order chi connectivity index (χ1) is 22.4. The second-order valence-electron chi connectivity index (χ2n) is 12.4. The van der Waals surface area contributed by atoms with Gasteiger partial charge in [-0.05, 0) is 72.2 Å². The highest BCUT2D eigenvalue weighted by atomic mass is 16.7. The molecule has 0 aromatic heterocycles. The molecule has 1 amide bonds. The van der Waals surface area contributed by atoms with Crippen molar-refractivity contribution in [3.63, 3.8) is 0 Å². The quantitative estimate of drug-likeness (QED) is 0.162. The van der Waals surface area contributed by atoms with Gasteiger partial charge in [0.2, 0.25) is 5.91 Å². The number of carbonyl (C=O) groups excluding carboxylic acids is 1. The number of hydrogen-bond donors (Lipinski definition) is 4. The Morgan fingerprint density at radius 3 is 2.37 bits per heavy atom. The molecule has 4 atom stereocenters. The minimum Gasteiger partial charge on any atom is -0.481 e. The van der Waals surface area contributed by atoms with Crippen molar-refractivity contribution in [3.8, 4) is 11.1 Å². The van der Waals surface area contributed by atoms with Crippen LogP contribution < -0.4 is 5.32 Å². The van der Waals surface area contributed by atoms with Crippen molar-refractivity contribution in [3.05, 3.63) is 95.1 Å². The number of hydrogen-bond acceptors (Lipinski definition) is 7. The third-order valence-electron chi connectivity index (χ3n) is 8.97. The van der Waals surface area contributed by atoms with E-state index in [0.29, 0.717) is 32.2 Å². The Hall–Kier alpha value is -3.60. The van der Waals surface area contributed by atoms with Gasteiger partial charge in [-0.2, -0.15) is 0 Å². The zero-order valence-electron chi connectivity index (χ0n) is 26.4. The average Bonchev–Trinajstić information content (AvgIpc) is 3.54. The van der Waals surface area contributed by atoms with Crippen LogP contribution in [0.5, 0.6) is 0 Å². The SMILES string of the molecule is O=C(O)CCCCCC(=O)NCc1cccc(-c2cccc(C3OC(CN4CCCC4CO)CC(c4ccc(CO)cc4)O3)c2)c1. The molecular formula is C37H46N2O7. The molecule has 0 aliphatic carbocycles. The molecule has 46 heavy (non-hydrogen) atoms. The lowest BCUT2D eigenvalue weighted by Gasteiger charge is -2.38. The molecular weight excluding hydrogens is 584 g/mol. The molecule has 9 heteroatoms. The van der Waals surface area contributed by atoms with Gasteiger partial charge in [0.1, 0.15) is 0 Å². The second kappa shape index (κ2) is 16.8. The summed E-state index contributed by atoms with van der Waals surface area (Å²) in [6.45, 7) is 2.24. The second-order valence-corrected chi connectivity index (χ2v) is 12.4. The van der Waals surface area contributed by atoms with E-state index in [4.69, 9.17) is 14.6 Å². The van der Waals surface area contributed by atoms with E-state index in [2.05, 4.69) is 28.4 Å². The Morgan fingerprint density at radius 2 is 1.61 bits per heavy atom. The van der Waals surface area contributed by atoms with Gasteiger partial charge in [0, 0.05) is 44.0 Å². The van der Waals surface area contributed by atoms with Crippen LogP contribution in [0.25, 0.3) is 11.1 Å². The van der Waals surface area contributed by atoms with E-state index in [0.717, 1.165) is 65.7 Å². The number of nitrogens with one attached hydrogen (secondary N) is 1. The molecule has 0 bridgehead atoms. The smallest absolute Gasteiger partial charge is 0.303 e. The number of ether oxygens (including phenoxy) is 2. The fourth-order valence-electron chi connectivity index (χ4n) is 6.39. The van der Waals surface area contributed by atoms with Crippen molar-refractivity contribution in [1.82, 2.24) is 10.2 Å². The zero-order valence-corrected chi connectivity index (χ0v) is 26.4. The maximum atomic E-state index is 12.3. The number of unbranched alkanes of at least 4 members (excludes halogenated alkanes) is 2. The van der Waals surface area contributed by atoms with Gasteiger partial charge in [0.05, 0.1) is 25.4 Å². The maximum absolute atomic E-state index is 12.3. The number of carboxylic acids is 1. The van der Waals surface area contributed by atoms with Crippen LogP contribution in [0.4, 0.5) is 0 Å². The van der Waals surface area contributed by atoms with Crippen LogP contribution in [0.1, 0.15) is 86.0 Å². The molecule has 4 unspecified atom stereocenters. The van der Waals surface area contributed by atoms with Gasteiger partial charge in [-0.1, -0.05) is 67.1 Å². The summed E-state index contributed by atoms with van der Waals surface area (Å²) in [5, 5.41) is 31.2. The molecule has 0 radical (unpaired) electrons. The third kappa shape index (κ3) is 9.47. The normalized spacial score (nSPS) is 21.7. The predicted octanol–water partition coefficient (Wildman–Crippen LogP) is 5.50. The molecule has 0 saturated carbocycles. The average molecular weight is 631 g/mol. The summed E-state index contributed by atoms with van der Waals surface area (Å²) < 4.78 is 13.2. The lowest BCUT2D eigenvalue weighted by Crippen LogP contribution is -2.42. The number of benzene rings is 3. The van der Waals surface area contributed by atoms with E-state index in [1.165, 1.54) is 0 Å². The van der Waals surface area contributed by atoms with Crippen LogP contribution in [-0.4, -0.2) is 63.9 Å². The molecule has 3 aromatic carbocycles. The summed E-state index contributed by atoms with van der Waals surface area (Å²) >= 11 is 0. The van der Waals surface area contributed by atoms with Crippen molar-refractivity contribution in [2.45, 2.75) is 89.1 Å². The van der Waals surface area contributed by atoms with Crippen molar-refractivity contribution >= 4 is 11.9 Å². The number of carboxylic acid groups (broad SMARTS) is 1. The molecule has 5 rings (SSSR count). The van der Waals surface area contributed by atoms with E-state index in [9.17, 15) is 19.8 Å². The fraction of sp³-hybridized carbons (Fsp3) is 0.459. The Kier molecular flexibility index (Phi) is 12.3. The van der Waals surface area contributed by atoms with Gasteiger partial charge in [-0.15, -0.1) is 0 Å². The third-order valence-corrected chi connectivity index (χ3v) is 8.97. The summed E-state index contributed by atoms with van der Waals surface area (Å²) in [7, 11) is 0. The highest BCUT2D eigenvalue weighted by Crippen LogP contribution is 2.39. The number of aliphatic hydroxyl groups excluding tert-OH is 2. The fourth-order valence-corrected chi connectivity index (χ4v) is 6.39. The van der Waals surface area contributed by atoms with Crippen LogP contribution in [0.3, 0.4) is 0 Å². The van der Waals surface area contributed by atoms with Gasteiger partial charge >= 0.3 is 5.97 Å². The number of carbonyl (C=O) groups is 2. The summed E-state index contributed by atoms with van der Waals surface area (Å²) in [5.74, 6) is -0.842. The Labute approximate surface area is 271 Å². The highest BCUT2D eigenvalue weighted by Gasteiger charge is 2.35. The number of nitrogens with zero attached hydrogens (tertiary/aromatic N) is 1. The van der Waals surface area contributed by atoms with E-state index in [1.54, 1.807) is 0 Å². The minimum absolute atomic E-state index is 0.00574. The van der Waals surface area contributed by atoms with E-state index < -0.39 is 12.3 Å². The summed E-state index contributed by atoms with van der Waals surface area (Å²) in [6, 6.07) is 24.3.